The maximum Gasteiger partial charge on any atom is 0.329 e. The van der Waals surface area contributed by atoms with Gasteiger partial charge in [0.25, 0.3) is 0 Å². The average Bonchev–Trinajstić information content (AvgIpc) is 2.28. The van der Waals surface area contributed by atoms with Crippen molar-refractivity contribution >= 4 is 11.9 Å². The summed E-state index contributed by atoms with van der Waals surface area (Å²) in [4.78, 5) is 23.7. The van der Waals surface area contributed by atoms with E-state index in [1.807, 2.05) is 6.92 Å². The first-order valence-electron chi connectivity index (χ1n) is 7.08. The van der Waals surface area contributed by atoms with E-state index in [0.717, 1.165) is 12.8 Å². The summed E-state index contributed by atoms with van der Waals surface area (Å²) in [5.41, 5.74) is 4.05. The molecule has 110 valence electrons. The summed E-state index contributed by atoms with van der Waals surface area (Å²) >= 11 is 0. The monoisotopic (exact) mass is 270 g/mol. The minimum Gasteiger partial charge on any atom is -0.480 e. The maximum absolute atomic E-state index is 12.4. The van der Waals surface area contributed by atoms with Crippen LogP contribution in [0.15, 0.2) is 0 Å². The number of hydrogen-bond acceptors (Lipinski definition) is 3. The van der Waals surface area contributed by atoms with Crippen LogP contribution in [-0.2, 0) is 9.59 Å². The van der Waals surface area contributed by atoms with Gasteiger partial charge in [-0.25, -0.2) is 4.79 Å². The minimum absolute atomic E-state index is 0.322. The number of nitrogens with one attached hydrogen (secondary N) is 1. The lowest BCUT2D eigenvalue weighted by atomic mass is 9.76. The zero-order valence-electron chi connectivity index (χ0n) is 12.2. The summed E-state index contributed by atoms with van der Waals surface area (Å²) in [6, 6.07) is 0. The summed E-state index contributed by atoms with van der Waals surface area (Å²) in [7, 11) is 0. The number of carbonyl (C=O) groups excluding carboxylic acids is 1. The molecule has 1 fully saturated rings. The highest BCUT2D eigenvalue weighted by Gasteiger charge is 2.43. The summed E-state index contributed by atoms with van der Waals surface area (Å²) in [6.45, 7) is 5.52. The predicted molar refractivity (Wildman–Crippen MR) is 73.6 cm³/mol. The van der Waals surface area contributed by atoms with E-state index >= 15 is 0 Å². The smallest absolute Gasteiger partial charge is 0.329 e. The Morgan fingerprint density at radius 1 is 1.53 bits per heavy atom. The highest BCUT2D eigenvalue weighted by Crippen LogP contribution is 2.31. The lowest BCUT2D eigenvalue weighted by Crippen LogP contribution is -2.63. The van der Waals surface area contributed by atoms with Crippen molar-refractivity contribution in [3.8, 4) is 0 Å². The topological polar surface area (TPSA) is 92.4 Å². The van der Waals surface area contributed by atoms with Crippen molar-refractivity contribution in [2.24, 2.45) is 11.7 Å². The minimum atomic E-state index is -1.22. The van der Waals surface area contributed by atoms with Gasteiger partial charge in [0.1, 0.15) is 5.54 Å². The summed E-state index contributed by atoms with van der Waals surface area (Å²) < 4.78 is 0. The molecule has 0 saturated heterocycles. The molecule has 4 N–H and O–H groups in total. The van der Waals surface area contributed by atoms with Crippen LogP contribution in [0.1, 0.15) is 59.3 Å². The number of carbonyl (C=O) groups is 2. The fraction of sp³-hybridized carbons (Fsp3) is 0.857. The number of hydrogen-bond donors (Lipinski definition) is 3. The molecule has 0 heterocycles. The van der Waals surface area contributed by atoms with Crippen molar-refractivity contribution < 1.29 is 14.7 Å². The third kappa shape index (κ3) is 3.69. The Hall–Kier alpha value is -1.10. The predicted octanol–water partition coefficient (Wildman–Crippen LogP) is 1.65. The Kier molecular flexibility index (Phi) is 4.96. The van der Waals surface area contributed by atoms with Gasteiger partial charge in [-0.15, -0.1) is 0 Å². The number of carboxylic acids is 1. The molecule has 1 saturated carbocycles. The molecule has 5 nitrogen and oxygen atoms in total. The molecule has 19 heavy (non-hydrogen) atoms. The quantitative estimate of drug-likeness (QED) is 0.708. The van der Waals surface area contributed by atoms with Crippen LogP contribution in [-0.4, -0.2) is 28.1 Å². The molecule has 5 heteroatoms. The van der Waals surface area contributed by atoms with E-state index in [-0.39, 0.29) is 5.91 Å². The average molecular weight is 270 g/mol. The molecule has 0 spiro atoms. The van der Waals surface area contributed by atoms with Crippen LogP contribution in [0, 0.1) is 5.92 Å². The normalized spacial score (nSPS) is 30.4. The van der Waals surface area contributed by atoms with Gasteiger partial charge < -0.3 is 16.2 Å². The Labute approximate surface area is 114 Å². The van der Waals surface area contributed by atoms with Gasteiger partial charge in [-0.2, -0.15) is 0 Å². The molecule has 1 aliphatic carbocycles. The molecule has 3 unspecified atom stereocenters. The number of aliphatic carboxylic acids is 1. The van der Waals surface area contributed by atoms with E-state index in [1.165, 1.54) is 0 Å². The van der Waals surface area contributed by atoms with E-state index in [1.54, 1.807) is 6.92 Å². The van der Waals surface area contributed by atoms with Crippen LogP contribution in [0.2, 0.25) is 0 Å². The third-order valence-corrected chi connectivity index (χ3v) is 4.10. The van der Waals surface area contributed by atoms with E-state index in [0.29, 0.717) is 31.6 Å². The maximum atomic E-state index is 12.4. The Bertz CT molecular complexity index is 359. The van der Waals surface area contributed by atoms with Crippen molar-refractivity contribution in [2.45, 2.75) is 70.4 Å². The van der Waals surface area contributed by atoms with Crippen molar-refractivity contribution in [3.63, 3.8) is 0 Å². The lowest BCUT2D eigenvalue weighted by molar-refractivity contribution is -0.148. The second kappa shape index (κ2) is 5.90. The van der Waals surface area contributed by atoms with Crippen molar-refractivity contribution in [3.05, 3.63) is 0 Å². The van der Waals surface area contributed by atoms with Crippen LogP contribution < -0.4 is 11.1 Å². The first kappa shape index (κ1) is 16.0. The molecule has 1 aliphatic rings. The standard InChI is InChI=1S/C14H26N2O3/c1-4-7-13(3,12(18)19)16-11(17)14(15)8-5-6-10(2)9-14/h10H,4-9,15H2,1-3H3,(H,16,17)(H,18,19). The van der Waals surface area contributed by atoms with Crippen LogP contribution in [0.3, 0.4) is 0 Å². The third-order valence-electron chi connectivity index (χ3n) is 4.10. The molecular weight excluding hydrogens is 244 g/mol. The zero-order chi connectivity index (χ0) is 14.7. The van der Waals surface area contributed by atoms with Crippen LogP contribution >= 0.6 is 0 Å². The van der Waals surface area contributed by atoms with E-state index in [9.17, 15) is 14.7 Å². The number of rotatable bonds is 5. The van der Waals surface area contributed by atoms with Gasteiger partial charge >= 0.3 is 5.97 Å². The van der Waals surface area contributed by atoms with Gasteiger partial charge in [-0.3, -0.25) is 4.79 Å². The first-order chi connectivity index (χ1) is 8.73. The molecule has 0 aromatic carbocycles. The second-order valence-electron chi connectivity index (χ2n) is 6.20. The molecule has 0 aromatic heterocycles. The van der Waals surface area contributed by atoms with Crippen LogP contribution in [0.4, 0.5) is 0 Å². The molecule has 0 aromatic rings. The van der Waals surface area contributed by atoms with Crippen molar-refractivity contribution in [1.82, 2.24) is 5.32 Å². The summed E-state index contributed by atoms with van der Waals surface area (Å²) in [5, 5.41) is 12.0. The SMILES string of the molecule is CCCC(C)(NC(=O)C1(N)CCCC(C)C1)C(=O)O. The lowest BCUT2D eigenvalue weighted by Gasteiger charge is -2.38. The number of amides is 1. The second-order valence-corrected chi connectivity index (χ2v) is 6.20. The molecule has 0 aliphatic heterocycles. The van der Waals surface area contributed by atoms with E-state index in [2.05, 4.69) is 12.2 Å². The van der Waals surface area contributed by atoms with Gasteiger partial charge in [0.05, 0.1) is 5.54 Å². The number of carboxylic acid groups (broad SMARTS) is 1. The van der Waals surface area contributed by atoms with Crippen molar-refractivity contribution in [2.75, 3.05) is 0 Å². The molecule has 0 bridgehead atoms. The first-order valence-corrected chi connectivity index (χ1v) is 7.08. The fourth-order valence-corrected chi connectivity index (χ4v) is 2.90. The van der Waals surface area contributed by atoms with Crippen LogP contribution in [0.25, 0.3) is 0 Å². The number of nitrogens with two attached hydrogens (primary N) is 1. The fourth-order valence-electron chi connectivity index (χ4n) is 2.90. The van der Waals surface area contributed by atoms with Gasteiger partial charge in [-0.05, 0) is 32.1 Å². The van der Waals surface area contributed by atoms with Gasteiger partial charge in [0.2, 0.25) is 5.91 Å². The zero-order valence-corrected chi connectivity index (χ0v) is 12.2. The molecule has 3 atom stereocenters. The highest BCUT2D eigenvalue weighted by molar-refractivity contribution is 5.91. The molecule has 1 rings (SSSR count). The van der Waals surface area contributed by atoms with Gasteiger partial charge in [0, 0.05) is 0 Å². The van der Waals surface area contributed by atoms with Gasteiger partial charge in [0.15, 0.2) is 0 Å². The molecule has 0 radical (unpaired) electrons. The van der Waals surface area contributed by atoms with E-state index < -0.39 is 17.0 Å². The van der Waals surface area contributed by atoms with E-state index in [4.69, 9.17) is 5.73 Å². The summed E-state index contributed by atoms with van der Waals surface area (Å²) in [5.74, 6) is -0.917. The van der Waals surface area contributed by atoms with Gasteiger partial charge in [-0.1, -0.05) is 33.1 Å². The van der Waals surface area contributed by atoms with Crippen LogP contribution in [0.5, 0.6) is 0 Å². The molecule has 1 amide bonds. The Morgan fingerprint density at radius 2 is 2.16 bits per heavy atom. The molecular formula is C14H26N2O3. The van der Waals surface area contributed by atoms with Crippen molar-refractivity contribution in [1.29, 1.82) is 0 Å². The largest absolute Gasteiger partial charge is 0.480 e. The Balaban J connectivity index is 2.79. The Morgan fingerprint density at radius 3 is 2.63 bits per heavy atom. The highest BCUT2D eigenvalue weighted by atomic mass is 16.4. The summed E-state index contributed by atoms with van der Waals surface area (Å²) in [6.07, 6.45) is 4.35.